The third kappa shape index (κ3) is 3.27. The fourth-order valence-electron chi connectivity index (χ4n) is 2.90. The highest BCUT2D eigenvalue weighted by Crippen LogP contribution is 2.39. The Kier molecular flexibility index (Phi) is 4.66. The molecule has 1 unspecified atom stereocenters. The first-order valence-electron chi connectivity index (χ1n) is 7.71. The first-order chi connectivity index (χ1) is 10.7. The maximum absolute atomic E-state index is 12.5. The van der Waals surface area contributed by atoms with E-state index in [9.17, 15) is 4.79 Å². The van der Waals surface area contributed by atoms with Gasteiger partial charge in [-0.2, -0.15) is 0 Å². The molecule has 2 aliphatic rings. The molecule has 1 atom stereocenters. The molecule has 0 saturated carbocycles. The lowest BCUT2D eigenvalue weighted by Gasteiger charge is -2.31. The van der Waals surface area contributed by atoms with Gasteiger partial charge in [0.25, 0.3) is 0 Å². The summed E-state index contributed by atoms with van der Waals surface area (Å²) >= 11 is 1.59. The van der Waals surface area contributed by atoms with Crippen LogP contribution in [0.1, 0.15) is 19.8 Å². The van der Waals surface area contributed by atoms with E-state index in [1.165, 1.54) is 6.42 Å². The summed E-state index contributed by atoms with van der Waals surface area (Å²) < 4.78 is 11.2. The molecular weight excluding hydrogens is 300 g/mol. The molecule has 5 nitrogen and oxygen atoms in total. The highest BCUT2D eigenvalue weighted by Gasteiger charge is 2.23. The number of amides is 2. The van der Waals surface area contributed by atoms with Gasteiger partial charge in [-0.15, -0.1) is 11.8 Å². The Hall–Kier alpha value is -1.56. The van der Waals surface area contributed by atoms with Crippen LogP contribution in [0.4, 0.5) is 10.5 Å². The van der Waals surface area contributed by atoms with Crippen molar-refractivity contribution in [3.63, 3.8) is 0 Å². The molecule has 2 aliphatic heterocycles. The van der Waals surface area contributed by atoms with E-state index in [4.69, 9.17) is 9.47 Å². The van der Waals surface area contributed by atoms with Crippen LogP contribution in [0.2, 0.25) is 0 Å². The summed E-state index contributed by atoms with van der Waals surface area (Å²) in [5.74, 6) is 2.02. The number of hydrogen-bond acceptors (Lipinski definition) is 4. The van der Waals surface area contributed by atoms with Crippen molar-refractivity contribution in [1.82, 2.24) is 4.90 Å². The monoisotopic (exact) mass is 322 g/mol. The molecule has 0 bridgehead atoms. The fourth-order valence-corrected chi connectivity index (χ4v) is 3.46. The molecule has 1 aromatic rings. The van der Waals surface area contributed by atoms with Gasteiger partial charge in [-0.3, -0.25) is 0 Å². The second-order valence-electron chi connectivity index (χ2n) is 5.82. The molecule has 0 aromatic heterocycles. The molecule has 2 amide bonds. The topological polar surface area (TPSA) is 50.8 Å². The van der Waals surface area contributed by atoms with E-state index in [1.807, 2.05) is 23.3 Å². The minimum atomic E-state index is -0.0291. The first kappa shape index (κ1) is 15.3. The molecule has 0 spiro atoms. The zero-order valence-corrected chi connectivity index (χ0v) is 13.9. The number of likely N-dealkylation sites (tertiary alicyclic amines) is 1. The van der Waals surface area contributed by atoms with Gasteiger partial charge < -0.3 is 19.7 Å². The minimum absolute atomic E-state index is 0.0291. The van der Waals surface area contributed by atoms with E-state index in [0.29, 0.717) is 24.9 Å². The lowest BCUT2D eigenvalue weighted by Crippen LogP contribution is -2.41. The number of piperidine rings is 1. The van der Waals surface area contributed by atoms with Crippen LogP contribution in [0, 0.1) is 5.92 Å². The molecule has 1 saturated heterocycles. The van der Waals surface area contributed by atoms with Crippen LogP contribution >= 0.6 is 11.8 Å². The zero-order chi connectivity index (χ0) is 15.5. The van der Waals surface area contributed by atoms with Crippen LogP contribution in [-0.2, 0) is 0 Å². The van der Waals surface area contributed by atoms with E-state index >= 15 is 0 Å². The van der Waals surface area contributed by atoms with Crippen LogP contribution in [0.5, 0.6) is 11.5 Å². The van der Waals surface area contributed by atoms with E-state index in [2.05, 4.69) is 12.2 Å². The van der Waals surface area contributed by atoms with Crippen molar-refractivity contribution in [2.45, 2.75) is 24.7 Å². The smallest absolute Gasteiger partial charge is 0.321 e. The molecule has 1 N–H and O–H groups in total. The number of nitrogens with one attached hydrogen (secondary N) is 1. The average molecular weight is 322 g/mol. The zero-order valence-electron chi connectivity index (χ0n) is 13.1. The number of rotatable bonds is 2. The molecule has 3 rings (SSSR count). The maximum Gasteiger partial charge on any atom is 0.321 e. The molecular formula is C16H22N2O3S. The van der Waals surface area contributed by atoms with Gasteiger partial charge in [-0.1, -0.05) is 6.92 Å². The van der Waals surface area contributed by atoms with E-state index in [-0.39, 0.29) is 6.03 Å². The molecule has 2 heterocycles. The van der Waals surface area contributed by atoms with Crippen LogP contribution in [0.15, 0.2) is 17.0 Å². The van der Waals surface area contributed by atoms with Crippen molar-refractivity contribution in [2.24, 2.45) is 5.92 Å². The normalized spacial score (nSPS) is 20.6. The highest BCUT2D eigenvalue weighted by atomic mass is 32.2. The van der Waals surface area contributed by atoms with Crippen LogP contribution in [0.25, 0.3) is 0 Å². The summed E-state index contributed by atoms with van der Waals surface area (Å²) in [5.41, 5.74) is 0.792. The summed E-state index contributed by atoms with van der Waals surface area (Å²) in [7, 11) is 0. The Morgan fingerprint density at radius 1 is 1.32 bits per heavy atom. The number of hydrogen-bond donors (Lipinski definition) is 1. The quantitative estimate of drug-likeness (QED) is 0.848. The van der Waals surface area contributed by atoms with Gasteiger partial charge in [-0.25, -0.2) is 4.79 Å². The van der Waals surface area contributed by atoms with Gasteiger partial charge in [0.2, 0.25) is 0 Å². The number of thioether (sulfide) groups is 1. The Morgan fingerprint density at radius 3 is 2.73 bits per heavy atom. The third-order valence-corrected chi connectivity index (χ3v) is 4.83. The number of benzene rings is 1. The van der Waals surface area contributed by atoms with Gasteiger partial charge in [0.05, 0.1) is 5.69 Å². The highest BCUT2D eigenvalue weighted by molar-refractivity contribution is 7.98. The second-order valence-corrected chi connectivity index (χ2v) is 6.67. The van der Waals surface area contributed by atoms with E-state index < -0.39 is 0 Å². The minimum Gasteiger partial charge on any atom is -0.486 e. The van der Waals surface area contributed by atoms with Crippen molar-refractivity contribution in [3.05, 3.63) is 12.1 Å². The third-order valence-electron chi connectivity index (χ3n) is 4.05. The molecule has 22 heavy (non-hydrogen) atoms. The molecule has 0 aliphatic carbocycles. The van der Waals surface area contributed by atoms with Gasteiger partial charge in [0, 0.05) is 24.1 Å². The number of ether oxygens (including phenoxy) is 2. The van der Waals surface area contributed by atoms with Gasteiger partial charge in [0.1, 0.15) is 13.2 Å². The number of nitrogens with zero attached hydrogens (tertiary/aromatic N) is 1. The Balaban J connectivity index is 1.77. The Labute approximate surface area is 135 Å². The number of urea groups is 1. The van der Waals surface area contributed by atoms with Gasteiger partial charge in [-0.05, 0) is 31.1 Å². The van der Waals surface area contributed by atoms with Gasteiger partial charge >= 0.3 is 6.03 Å². The SMILES string of the molecule is CSc1cc2c(cc1NC(=O)N1CCCC(C)C1)OCCO2. The van der Waals surface area contributed by atoms with Crippen LogP contribution < -0.4 is 14.8 Å². The van der Waals surface area contributed by atoms with E-state index in [1.54, 1.807) is 11.8 Å². The fraction of sp³-hybridized carbons (Fsp3) is 0.562. The standard InChI is InChI=1S/C16H22N2O3S/c1-11-4-3-5-18(10-11)16(19)17-12-8-13-14(9-15(12)22-2)21-7-6-20-13/h8-9,11H,3-7,10H2,1-2H3,(H,17,19). The maximum atomic E-state index is 12.5. The molecule has 6 heteroatoms. The number of anilines is 1. The summed E-state index contributed by atoms with van der Waals surface area (Å²) in [4.78, 5) is 15.4. The predicted molar refractivity (Wildman–Crippen MR) is 88.2 cm³/mol. The van der Waals surface area contributed by atoms with Crippen molar-refractivity contribution in [2.75, 3.05) is 37.9 Å². The summed E-state index contributed by atoms with van der Waals surface area (Å²) in [6.45, 7) is 4.96. The van der Waals surface area contributed by atoms with Crippen molar-refractivity contribution >= 4 is 23.5 Å². The van der Waals surface area contributed by atoms with Gasteiger partial charge in [0.15, 0.2) is 11.5 Å². The summed E-state index contributed by atoms with van der Waals surface area (Å²) in [6, 6.07) is 3.78. The molecule has 0 radical (unpaired) electrons. The van der Waals surface area contributed by atoms with Crippen molar-refractivity contribution in [1.29, 1.82) is 0 Å². The van der Waals surface area contributed by atoms with Crippen LogP contribution in [-0.4, -0.2) is 43.5 Å². The second kappa shape index (κ2) is 6.69. The summed E-state index contributed by atoms with van der Waals surface area (Å²) in [6.07, 6.45) is 4.26. The first-order valence-corrected chi connectivity index (χ1v) is 8.93. The number of carbonyl (C=O) groups excluding carboxylic acids is 1. The number of fused-ring (bicyclic) bond motifs is 1. The van der Waals surface area contributed by atoms with Crippen molar-refractivity contribution < 1.29 is 14.3 Å². The number of carbonyl (C=O) groups is 1. The lowest BCUT2D eigenvalue weighted by atomic mass is 10.0. The van der Waals surface area contributed by atoms with Crippen LogP contribution in [0.3, 0.4) is 0 Å². The van der Waals surface area contributed by atoms with E-state index in [0.717, 1.165) is 35.8 Å². The Morgan fingerprint density at radius 2 is 2.05 bits per heavy atom. The Bertz CT molecular complexity index is 565. The lowest BCUT2D eigenvalue weighted by molar-refractivity contribution is 0.171. The molecule has 1 aromatic carbocycles. The average Bonchev–Trinajstić information content (AvgIpc) is 2.54. The largest absolute Gasteiger partial charge is 0.486 e. The molecule has 120 valence electrons. The van der Waals surface area contributed by atoms with Crippen molar-refractivity contribution in [3.8, 4) is 11.5 Å². The predicted octanol–water partition coefficient (Wildman–Crippen LogP) is 3.44. The summed E-state index contributed by atoms with van der Waals surface area (Å²) in [5, 5.41) is 3.03. The molecule has 1 fully saturated rings.